The molecule has 3 heteroatoms. The van der Waals surface area contributed by atoms with Gasteiger partial charge >= 0.3 is 0 Å². The average molecular weight is 267 g/mol. The number of nitrogens with one attached hydrogen (secondary N) is 1. The van der Waals surface area contributed by atoms with Gasteiger partial charge in [0.15, 0.2) is 0 Å². The minimum absolute atomic E-state index is 0.551. The summed E-state index contributed by atoms with van der Waals surface area (Å²) in [7, 11) is 0. The zero-order valence-electron chi connectivity index (χ0n) is 11.5. The Bertz CT molecular complexity index is 403. The molecule has 1 N–H and O–H groups in total. The van der Waals surface area contributed by atoms with Crippen molar-refractivity contribution in [2.45, 2.75) is 45.7 Å². The van der Waals surface area contributed by atoms with Gasteiger partial charge in [0.05, 0.1) is 0 Å². The van der Waals surface area contributed by atoms with Gasteiger partial charge in [-0.1, -0.05) is 31.5 Å². The maximum atomic E-state index is 6.11. The third kappa shape index (κ3) is 3.39. The van der Waals surface area contributed by atoms with Crippen molar-refractivity contribution in [3.05, 3.63) is 28.8 Å². The molecule has 1 aromatic carbocycles. The molecule has 0 bridgehead atoms. The van der Waals surface area contributed by atoms with Crippen molar-refractivity contribution in [3.63, 3.8) is 0 Å². The Hall–Kier alpha value is -0.730. The van der Waals surface area contributed by atoms with Crippen molar-refractivity contribution in [1.82, 2.24) is 5.32 Å². The Labute approximate surface area is 115 Å². The first-order valence-corrected chi connectivity index (χ1v) is 7.21. The summed E-state index contributed by atoms with van der Waals surface area (Å²) >= 11 is 6.11. The van der Waals surface area contributed by atoms with Gasteiger partial charge in [0, 0.05) is 35.9 Å². The molecule has 0 spiro atoms. The van der Waals surface area contributed by atoms with E-state index >= 15 is 0 Å². The van der Waals surface area contributed by atoms with Crippen molar-refractivity contribution in [1.29, 1.82) is 0 Å². The van der Waals surface area contributed by atoms with E-state index in [0.29, 0.717) is 12.1 Å². The molecule has 1 heterocycles. The lowest BCUT2D eigenvalue weighted by Gasteiger charge is -2.36. The Morgan fingerprint density at radius 3 is 2.89 bits per heavy atom. The molecule has 18 heavy (non-hydrogen) atoms. The van der Waals surface area contributed by atoms with Gasteiger partial charge in [-0.2, -0.15) is 0 Å². The zero-order valence-corrected chi connectivity index (χ0v) is 12.3. The summed E-state index contributed by atoms with van der Waals surface area (Å²) in [5, 5.41) is 4.47. The predicted molar refractivity (Wildman–Crippen MR) is 79.7 cm³/mol. The van der Waals surface area contributed by atoms with Gasteiger partial charge in [-0.3, -0.25) is 0 Å². The highest BCUT2D eigenvalue weighted by Crippen LogP contribution is 2.27. The molecular formula is C15H23ClN2. The summed E-state index contributed by atoms with van der Waals surface area (Å²) in [4.78, 5) is 2.46. The normalized spacial score (nSPS) is 20.5. The largest absolute Gasteiger partial charge is 0.370 e. The Balaban J connectivity index is 2.10. The second kappa shape index (κ2) is 5.94. The number of aryl methyl sites for hydroxylation is 1. The van der Waals surface area contributed by atoms with Crippen LogP contribution < -0.4 is 10.2 Å². The van der Waals surface area contributed by atoms with E-state index in [1.54, 1.807) is 0 Å². The number of hydrogen-bond acceptors (Lipinski definition) is 2. The number of anilines is 1. The summed E-state index contributed by atoms with van der Waals surface area (Å²) in [6, 6.07) is 7.31. The minimum Gasteiger partial charge on any atom is -0.370 e. The van der Waals surface area contributed by atoms with Crippen LogP contribution in [0.15, 0.2) is 18.2 Å². The molecule has 0 aliphatic carbocycles. The summed E-state index contributed by atoms with van der Waals surface area (Å²) in [5.74, 6) is 0. The Morgan fingerprint density at radius 1 is 1.39 bits per heavy atom. The molecular weight excluding hydrogens is 244 g/mol. The van der Waals surface area contributed by atoms with E-state index in [-0.39, 0.29) is 0 Å². The summed E-state index contributed by atoms with van der Waals surface area (Å²) in [6.45, 7) is 8.80. The Kier molecular flexibility index (Phi) is 4.52. The topological polar surface area (TPSA) is 15.3 Å². The highest BCUT2D eigenvalue weighted by molar-refractivity contribution is 6.30. The van der Waals surface area contributed by atoms with Crippen molar-refractivity contribution in [2.24, 2.45) is 0 Å². The van der Waals surface area contributed by atoms with Crippen LogP contribution in [-0.2, 0) is 0 Å². The van der Waals surface area contributed by atoms with Gasteiger partial charge in [-0.25, -0.2) is 0 Å². The molecule has 1 fully saturated rings. The lowest BCUT2D eigenvalue weighted by atomic mass is 10.0. The molecule has 2 rings (SSSR count). The van der Waals surface area contributed by atoms with Crippen molar-refractivity contribution >= 4 is 17.3 Å². The van der Waals surface area contributed by atoms with Crippen LogP contribution in [0.3, 0.4) is 0 Å². The highest BCUT2D eigenvalue weighted by atomic mass is 35.5. The fourth-order valence-electron chi connectivity index (χ4n) is 2.73. The van der Waals surface area contributed by atoms with Crippen LogP contribution in [0.4, 0.5) is 5.69 Å². The first-order valence-electron chi connectivity index (χ1n) is 6.83. The molecule has 1 aliphatic rings. The molecule has 0 radical (unpaired) electrons. The van der Waals surface area contributed by atoms with E-state index in [0.717, 1.165) is 18.1 Å². The number of nitrogens with zero attached hydrogens (tertiary/aromatic N) is 1. The van der Waals surface area contributed by atoms with Gasteiger partial charge in [0.25, 0.3) is 0 Å². The van der Waals surface area contributed by atoms with E-state index in [1.165, 1.54) is 24.1 Å². The van der Waals surface area contributed by atoms with E-state index in [9.17, 15) is 0 Å². The molecule has 2 nitrogen and oxygen atoms in total. The second-order valence-electron chi connectivity index (χ2n) is 5.54. The minimum atomic E-state index is 0.551. The quantitative estimate of drug-likeness (QED) is 0.899. The second-order valence-corrected chi connectivity index (χ2v) is 5.97. The highest BCUT2D eigenvalue weighted by Gasteiger charge is 2.21. The number of hydrogen-bond donors (Lipinski definition) is 1. The molecule has 1 saturated heterocycles. The smallest absolute Gasteiger partial charge is 0.0426 e. The fourth-order valence-corrected chi connectivity index (χ4v) is 2.89. The Morgan fingerprint density at radius 2 is 2.17 bits per heavy atom. The van der Waals surface area contributed by atoms with Gasteiger partial charge in [-0.15, -0.1) is 0 Å². The zero-order chi connectivity index (χ0) is 13.1. The molecule has 1 unspecified atom stereocenters. The van der Waals surface area contributed by atoms with E-state index < -0.39 is 0 Å². The standard InChI is InChI=1S/C15H23ClN2/c1-11(2)17-14-5-4-8-18(10-14)15-9-13(16)7-6-12(15)3/h6-7,9,11,14,17H,4-5,8,10H2,1-3H3. The average Bonchev–Trinajstić information content (AvgIpc) is 2.32. The van der Waals surface area contributed by atoms with Crippen LogP contribution in [0.1, 0.15) is 32.3 Å². The summed E-state index contributed by atoms with van der Waals surface area (Å²) in [5.41, 5.74) is 2.60. The number of halogens is 1. The van der Waals surface area contributed by atoms with Crippen molar-refractivity contribution in [3.8, 4) is 0 Å². The van der Waals surface area contributed by atoms with Crippen molar-refractivity contribution < 1.29 is 0 Å². The third-order valence-electron chi connectivity index (χ3n) is 3.50. The van der Waals surface area contributed by atoms with Gasteiger partial charge in [0.1, 0.15) is 0 Å². The predicted octanol–water partition coefficient (Wildman–Crippen LogP) is 3.62. The monoisotopic (exact) mass is 266 g/mol. The lowest BCUT2D eigenvalue weighted by molar-refractivity contribution is 0.394. The summed E-state index contributed by atoms with van der Waals surface area (Å²) in [6.07, 6.45) is 2.52. The molecule has 0 aromatic heterocycles. The van der Waals surface area contributed by atoms with Crippen LogP contribution in [0.25, 0.3) is 0 Å². The van der Waals surface area contributed by atoms with Crippen LogP contribution in [-0.4, -0.2) is 25.2 Å². The summed E-state index contributed by atoms with van der Waals surface area (Å²) < 4.78 is 0. The van der Waals surface area contributed by atoms with E-state index in [4.69, 9.17) is 11.6 Å². The number of rotatable bonds is 3. The molecule has 0 saturated carbocycles. The maximum absolute atomic E-state index is 6.11. The van der Waals surface area contributed by atoms with Gasteiger partial charge in [-0.05, 0) is 37.5 Å². The number of benzene rings is 1. The van der Waals surface area contributed by atoms with Gasteiger partial charge in [0.2, 0.25) is 0 Å². The molecule has 1 atom stereocenters. The van der Waals surface area contributed by atoms with Crippen LogP contribution >= 0.6 is 11.6 Å². The maximum Gasteiger partial charge on any atom is 0.0426 e. The first kappa shape index (κ1) is 13.7. The molecule has 100 valence electrons. The first-order chi connectivity index (χ1) is 8.56. The van der Waals surface area contributed by atoms with Crippen LogP contribution in [0, 0.1) is 6.92 Å². The van der Waals surface area contributed by atoms with Crippen LogP contribution in [0.5, 0.6) is 0 Å². The fraction of sp³-hybridized carbons (Fsp3) is 0.600. The number of piperidine rings is 1. The van der Waals surface area contributed by atoms with Gasteiger partial charge < -0.3 is 10.2 Å². The SMILES string of the molecule is Cc1ccc(Cl)cc1N1CCCC(NC(C)C)C1. The van der Waals surface area contributed by atoms with Crippen LogP contribution in [0.2, 0.25) is 5.02 Å². The molecule has 1 aliphatic heterocycles. The third-order valence-corrected chi connectivity index (χ3v) is 3.74. The molecule has 0 amide bonds. The molecule has 1 aromatic rings. The lowest BCUT2D eigenvalue weighted by Crippen LogP contribution is -2.48. The van der Waals surface area contributed by atoms with Crippen molar-refractivity contribution in [2.75, 3.05) is 18.0 Å². The van der Waals surface area contributed by atoms with E-state index in [1.807, 2.05) is 6.07 Å². The van der Waals surface area contributed by atoms with E-state index in [2.05, 4.69) is 43.1 Å².